The van der Waals surface area contributed by atoms with E-state index in [9.17, 15) is 9.59 Å². The van der Waals surface area contributed by atoms with Gasteiger partial charge in [-0.3, -0.25) is 9.59 Å². The van der Waals surface area contributed by atoms with Gasteiger partial charge < -0.3 is 10.1 Å². The van der Waals surface area contributed by atoms with E-state index in [1.165, 1.54) is 4.68 Å². The Balaban J connectivity index is 2.23. The number of rotatable bonds is 5. The molecule has 0 aliphatic carbocycles. The van der Waals surface area contributed by atoms with E-state index in [1.807, 2.05) is 19.9 Å². The highest BCUT2D eigenvalue weighted by atomic mass is 35.5. The molecule has 0 saturated carbocycles. The number of amides is 1. The Bertz CT molecular complexity index is 1020. The molecule has 7 heteroatoms. The van der Waals surface area contributed by atoms with Gasteiger partial charge in [-0.1, -0.05) is 17.7 Å². The van der Waals surface area contributed by atoms with Crippen molar-refractivity contribution in [2.75, 3.05) is 7.11 Å². The van der Waals surface area contributed by atoms with Crippen molar-refractivity contribution in [3.8, 4) is 11.4 Å². The molecule has 0 fully saturated rings. The molecule has 1 N–H and O–H groups in total. The van der Waals surface area contributed by atoms with Crippen LogP contribution in [0.5, 0.6) is 5.75 Å². The molecule has 0 saturated heterocycles. The molecule has 2 aromatic carbocycles. The molecule has 0 aliphatic heterocycles. The number of carbonyl (C=O) groups excluding carboxylic acids is 1. The van der Waals surface area contributed by atoms with Crippen LogP contribution < -0.4 is 15.6 Å². The van der Waals surface area contributed by atoms with Crippen LogP contribution in [0.25, 0.3) is 16.6 Å². The number of ether oxygens (including phenoxy) is 1. The number of carbonyl (C=O) groups is 1. The molecule has 0 atom stereocenters. The van der Waals surface area contributed by atoms with E-state index in [0.717, 1.165) is 0 Å². The summed E-state index contributed by atoms with van der Waals surface area (Å²) in [6, 6.07) is 12.4. The summed E-state index contributed by atoms with van der Waals surface area (Å²) in [5, 5.41) is 3.83. The van der Waals surface area contributed by atoms with Crippen LogP contribution in [0.15, 0.2) is 47.3 Å². The fraction of sp³-hybridized carbons (Fsp3) is 0.263. The lowest BCUT2D eigenvalue weighted by Crippen LogP contribution is -2.37. The number of halogens is 1. The Labute approximate surface area is 155 Å². The lowest BCUT2D eigenvalue weighted by Gasteiger charge is -2.14. The fourth-order valence-electron chi connectivity index (χ4n) is 2.89. The lowest BCUT2D eigenvalue weighted by molar-refractivity contribution is -0.122. The zero-order valence-electron chi connectivity index (χ0n) is 14.8. The second-order valence-corrected chi connectivity index (χ2v) is 6.70. The molecule has 0 aliphatic rings. The summed E-state index contributed by atoms with van der Waals surface area (Å²) < 4.78 is 8.35. The molecule has 6 nitrogen and oxygen atoms in total. The van der Waals surface area contributed by atoms with Crippen molar-refractivity contribution in [2.45, 2.75) is 26.4 Å². The van der Waals surface area contributed by atoms with Gasteiger partial charge in [-0.25, -0.2) is 9.36 Å². The van der Waals surface area contributed by atoms with Crippen molar-refractivity contribution < 1.29 is 9.53 Å². The highest BCUT2D eigenvalue weighted by molar-refractivity contribution is 6.30. The van der Waals surface area contributed by atoms with Gasteiger partial charge >= 0.3 is 0 Å². The molecular formula is C19H20ClN3O3. The second-order valence-electron chi connectivity index (χ2n) is 6.26. The van der Waals surface area contributed by atoms with Crippen molar-refractivity contribution in [3.05, 3.63) is 57.8 Å². The molecule has 3 aromatic rings. The third-order valence-electron chi connectivity index (χ3n) is 3.93. The van der Waals surface area contributed by atoms with Crippen LogP contribution in [0, 0.1) is 0 Å². The van der Waals surface area contributed by atoms with Crippen molar-refractivity contribution in [3.63, 3.8) is 0 Å². The maximum Gasteiger partial charge on any atom is 0.275 e. The van der Waals surface area contributed by atoms with Crippen LogP contribution in [-0.4, -0.2) is 28.4 Å². The molecule has 0 spiro atoms. The minimum absolute atomic E-state index is 0.0118. The average Bonchev–Trinajstić information content (AvgIpc) is 2.86. The van der Waals surface area contributed by atoms with E-state index in [4.69, 9.17) is 16.3 Å². The number of aromatic nitrogens is 2. The molecule has 1 aromatic heterocycles. The Morgan fingerprint density at radius 2 is 2.00 bits per heavy atom. The summed E-state index contributed by atoms with van der Waals surface area (Å²) in [7, 11) is 1.55. The number of methoxy groups -OCH3 is 1. The van der Waals surface area contributed by atoms with Crippen LogP contribution in [0.3, 0.4) is 0 Å². The largest absolute Gasteiger partial charge is 0.497 e. The SMILES string of the molecule is COc1ccc2c(c1)c(=O)n(CC(=O)NC(C)C)n2-c1cccc(Cl)c1. The third-order valence-corrected chi connectivity index (χ3v) is 4.17. The predicted molar refractivity (Wildman–Crippen MR) is 102 cm³/mol. The Morgan fingerprint density at radius 3 is 2.65 bits per heavy atom. The quantitative estimate of drug-likeness (QED) is 0.747. The van der Waals surface area contributed by atoms with Gasteiger partial charge in [-0.2, -0.15) is 0 Å². The van der Waals surface area contributed by atoms with Gasteiger partial charge in [0, 0.05) is 11.1 Å². The van der Waals surface area contributed by atoms with Crippen molar-refractivity contribution in [2.24, 2.45) is 0 Å². The molecular weight excluding hydrogens is 354 g/mol. The van der Waals surface area contributed by atoms with Crippen molar-refractivity contribution in [1.29, 1.82) is 0 Å². The number of nitrogens with one attached hydrogen (secondary N) is 1. The summed E-state index contributed by atoms with van der Waals surface area (Å²) >= 11 is 6.13. The van der Waals surface area contributed by atoms with Crippen LogP contribution in [-0.2, 0) is 11.3 Å². The number of nitrogens with zero attached hydrogens (tertiary/aromatic N) is 2. The summed E-state index contributed by atoms with van der Waals surface area (Å²) in [6.45, 7) is 3.65. The predicted octanol–water partition coefficient (Wildman–Crippen LogP) is 2.98. The molecule has 0 bridgehead atoms. The number of benzene rings is 2. The highest BCUT2D eigenvalue weighted by Gasteiger charge is 2.18. The van der Waals surface area contributed by atoms with Gasteiger partial charge in [0.25, 0.3) is 5.56 Å². The smallest absolute Gasteiger partial charge is 0.275 e. The maximum absolute atomic E-state index is 13.0. The standard InChI is InChI=1S/C19H20ClN3O3/c1-12(2)21-18(24)11-22-19(25)16-10-15(26-3)7-8-17(16)23(22)14-6-4-5-13(20)9-14/h4-10,12H,11H2,1-3H3,(H,21,24). The summed E-state index contributed by atoms with van der Waals surface area (Å²) in [5.41, 5.74) is 1.11. The van der Waals surface area contributed by atoms with E-state index < -0.39 is 0 Å². The van der Waals surface area contributed by atoms with E-state index >= 15 is 0 Å². The Hall–Kier alpha value is -2.73. The zero-order chi connectivity index (χ0) is 18.8. The first-order valence-electron chi connectivity index (χ1n) is 8.25. The third kappa shape index (κ3) is 3.46. The maximum atomic E-state index is 13.0. The molecule has 0 unspecified atom stereocenters. The number of hydrogen-bond acceptors (Lipinski definition) is 3. The molecule has 0 radical (unpaired) electrons. The minimum atomic E-state index is -0.266. The van der Waals surface area contributed by atoms with E-state index in [-0.39, 0.29) is 24.1 Å². The molecule has 1 heterocycles. The Morgan fingerprint density at radius 1 is 1.23 bits per heavy atom. The van der Waals surface area contributed by atoms with Gasteiger partial charge in [-0.15, -0.1) is 0 Å². The van der Waals surface area contributed by atoms with Gasteiger partial charge in [0.2, 0.25) is 5.91 Å². The topological polar surface area (TPSA) is 65.3 Å². The Kier molecular flexibility index (Phi) is 5.04. The summed E-state index contributed by atoms with van der Waals surface area (Å²) in [6.07, 6.45) is 0. The van der Waals surface area contributed by atoms with Crippen molar-refractivity contribution >= 4 is 28.4 Å². The van der Waals surface area contributed by atoms with Gasteiger partial charge in [0.15, 0.2) is 0 Å². The van der Waals surface area contributed by atoms with Crippen LogP contribution in [0.1, 0.15) is 13.8 Å². The molecule has 1 amide bonds. The van der Waals surface area contributed by atoms with Crippen molar-refractivity contribution in [1.82, 2.24) is 14.7 Å². The monoisotopic (exact) mass is 373 g/mol. The van der Waals surface area contributed by atoms with Crippen LogP contribution >= 0.6 is 11.6 Å². The van der Waals surface area contributed by atoms with E-state index in [0.29, 0.717) is 27.4 Å². The van der Waals surface area contributed by atoms with Crippen LogP contribution in [0.2, 0.25) is 5.02 Å². The fourth-order valence-corrected chi connectivity index (χ4v) is 3.08. The molecule has 26 heavy (non-hydrogen) atoms. The highest BCUT2D eigenvalue weighted by Crippen LogP contribution is 2.23. The first-order chi connectivity index (χ1) is 12.4. The van der Waals surface area contributed by atoms with Gasteiger partial charge in [-0.05, 0) is 50.2 Å². The first kappa shape index (κ1) is 18.1. The van der Waals surface area contributed by atoms with Crippen LogP contribution in [0.4, 0.5) is 0 Å². The lowest BCUT2D eigenvalue weighted by atomic mass is 10.2. The first-order valence-corrected chi connectivity index (χ1v) is 8.63. The minimum Gasteiger partial charge on any atom is -0.497 e. The van der Waals surface area contributed by atoms with Gasteiger partial charge in [0.1, 0.15) is 12.3 Å². The molecule has 136 valence electrons. The summed E-state index contributed by atoms with van der Waals surface area (Å²) in [5.74, 6) is 0.344. The molecule has 3 rings (SSSR count). The average molecular weight is 374 g/mol. The summed E-state index contributed by atoms with van der Waals surface area (Å²) in [4.78, 5) is 25.3. The van der Waals surface area contributed by atoms with Gasteiger partial charge in [0.05, 0.1) is 23.7 Å². The normalized spacial score (nSPS) is 11.1. The zero-order valence-corrected chi connectivity index (χ0v) is 15.6. The second kappa shape index (κ2) is 7.25. The number of fused-ring (bicyclic) bond motifs is 1. The van der Waals surface area contributed by atoms with E-state index in [2.05, 4.69) is 5.32 Å². The van der Waals surface area contributed by atoms with E-state index in [1.54, 1.807) is 48.2 Å². The number of hydrogen-bond donors (Lipinski definition) is 1.